The van der Waals surface area contributed by atoms with Gasteiger partial charge in [-0.2, -0.15) is 0 Å². The second-order valence-electron chi connectivity index (χ2n) is 4.92. The molecule has 1 rings (SSSR count). The third-order valence-electron chi connectivity index (χ3n) is 3.44. The molecule has 0 N–H and O–H groups in total. The molecule has 0 aromatic rings. The zero-order valence-electron chi connectivity index (χ0n) is 11.6. The second kappa shape index (κ2) is 5.46. The fourth-order valence-corrected chi connectivity index (χ4v) is 2.25. The number of ketones is 1. The Balaban J connectivity index is 0.00000106. The van der Waals surface area contributed by atoms with Gasteiger partial charge in [0.2, 0.25) is 5.91 Å². The first-order valence-corrected chi connectivity index (χ1v) is 6.06. The van der Waals surface area contributed by atoms with Gasteiger partial charge in [0.05, 0.1) is 6.04 Å². The van der Waals surface area contributed by atoms with Crippen LogP contribution in [0.4, 0.5) is 0 Å². The molecule has 0 aromatic carbocycles. The Labute approximate surface area is 99.2 Å². The molecule has 0 spiro atoms. The van der Waals surface area contributed by atoms with Gasteiger partial charge in [0.15, 0.2) is 5.78 Å². The van der Waals surface area contributed by atoms with Gasteiger partial charge >= 0.3 is 0 Å². The van der Waals surface area contributed by atoms with Gasteiger partial charge in [-0.3, -0.25) is 9.59 Å². The van der Waals surface area contributed by atoms with Crippen molar-refractivity contribution in [3.63, 3.8) is 0 Å². The molecular weight excluding hydrogens is 202 g/mol. The van der Waals surface area contributed by atoms with E-state index >= 15 is 0 Å². The average molecular weight is 227 g/mol. The molecule has 0 aromatic heterocycles. The van der Waals surface area contributed by atoms with Crippen molar-refractivity contribution < 1.29 is 9.59 Å². The Morgan fingerprint density at radius 1 is 1.19 bits per heavy atom. The molecule has 1 saturated heterocycles. The molecule has 94 valence electrons. The number of nitrogens with zero attached hydrogens (tertiary/aromatic N) is 1. The van der Waals surface area contributed by atoms with Gasteiger partial charge in [-0.1, -0.05) is 27.7 Å². The highest BCUT2D eigenvalue weighted by atomic mass is 16.2. The molecule has 1 heterocycles. The molecular formula is C13H25NO2. The highest BCUT2D eigenvalue weighted by Gasteiger charge is 2.46. The number of Topliss-reactive ketones (excluding diaryl/α,β-unsaturated/α-hetero) is 1. The Hall–Kier alpha value is -0.860. The minimum absolute atomic E-state index is 0.00303. The van der Waals surface area contributed by atoms with Crippen molar-refractivity contribution in [1.29, 1.82) is 0 Å². The maximum atomic E-state index is 11.4. The van der Waals surface area contributed by atoms with E-state index in [0.717, 1.165) is 6.42 Å². The second-order valence-corrected chi connectivity index (χ2v) is 4.92. The van der Waals surface area contributed by atoms with Gasteiger partial charge in [0.1, 0.15) is 0 Å². The van der Waals surface area contributed by atoms with Crippen LogP contribution in [0, 0.1) is 5.41 Å². The highest BCUT2D eigenvalue weighted by molar-refractivity contribution is 5.87. The summed E-state index contributed by atoms with van der Waals surface area (Å²) in [5, 5.41) is 0. The average Bonchev–Trinajstić information content (AvgIpc) is 2.42. The number of hydrogen-bond donors (Lipinski definition) is 0. The van der Waals surface area contributed by atoms with Crippen LogP contribution in [0.1, 0.15) is 54.9 Å². The van der Waals surface area contributed by atoms with E-state index in [9.17, 15) is 9.59 Å². The minimum atomic E-state index is -0.211. The zero-order valence-corrected chi connectivity index (χ0v) is 11.6. The van der Waals surface area contributed by atoms with Gasteiger partial charge in [-0.05, 0) is 25.7 Å². The molecule has 1 aliphatic heterocycles. The summed E-state index contributed by atoms with van der Waals surface area (Å²) < 4.78 is 0. The third-order valence-corrected chi connectivity index (χ3v) is 3.44. The van der Waals surface area contributed by atoms with Gasteiger partial charge in [-0.25, -0.2) is 0 Å². The van der Waals surface area contributed by atoms with E-state index < -0.39 is 0 Å². The predicted molar refractivity (Wildman–Crippen MR) is 66.2 cm³/mol. The normalized spacial score (nSPS) is 27.1. The summed E-state index contributed by atoms with van der Waals surface area (Å²) in [4.78, 5) is 24.6. The van der Waals surface area contributed by atoms with Crippen molar-refractivity contribution in [3.05, 3.63) is 0 Å². The van der Waals surface area contributed by atoms with E-state index in [2.05, 4.69) is 13.8 Å². The van der Waals surface area contributed by atoms with Crippen molar-refractivity contribution in [2.75, 3.05) is 0 Å². The Morgan fingerprint density at radius 2 is 1.62 bits per heavy atom. The summed E-state index contributed by atoms with van der Waals surface area (Å²) in [5.74, 6) is 0.0981. The largest absolute Gasteiger partial charge is 0.330 e. The van der Waals surface area contributed by atoms with Crippen LogP contribution in [0.3, 0.4) is 0 Å². The molecule has 0 saturated carbocycles. The molecule has 3 heteroatoms. The number of carbonyl (C=O) groups is 2. The zero-order chi connectivity index (χ0) is 13.1. The first-order valence-electron chi connectivity index (χ1n) is 6.06. The number of likely N-dealkylation sites (tertiary alicyclic amines) is 1. The topological polar surface area (TPSA) is 37.4 Å². The molecule has 3 nitrogen and oxygen atoms in total. The fraction of sp³-hybridized carbons (Fsp3) is 0.846. The lowest BCUT2D eigenvalue weighted by molar-refractivity contribution is -0.137. The Morgan fingerprint density at radius 3 is 1.88 bits per heavy atom. The minimum Gasteiger partial charge on any atom is -0.330 e. The Bertz CT molecular complexity index is 271. The van der Waals surface area contributed by atoms with Crippen LogP contribution in [0.25, 0.3) is 0 Å². The van der Waals surface area contributed by atoms with Gasteiger partial charge in [0, 0.05) is 13.0 Å². The first-order chi connectivity index (χ1) is 7.27. The summed E-state index contributed by atoms with van der Waals surface area (Å²) in [7, 11) is 0. The van der Waals surface area contributed by atoms with Crippen LogP contribution in [0.15, 0.2) is 0 Å². The van der Waals surface area contributed by atoms with Crippen LogP contribution in [-0.4, -0.2) is 28.7 Å². The maximum Gasteiger partial charge on any atom is 0.220 e. The number of amides is 1. The molecule has 2 unspecified atom stereocenters. The molecule has 16 heavy (non-hydrogen) atoms. The van der Waals surface area contributed by atoms with E-state index in [4.69, 9.17) is 0 Å². The molecule has 1 amide bonds. The van der Waals surface area contributed by atoms with Gasteiger partial charge < -0.3 is 4.90 Å². The van der Waals surface area contributed by atoms with E-state index in [1.807, 2.05) is 20.8 Å². The molecule has 0 aliphatic carbocycles. The van der Waals surface area contributed by atoms with Crippen molar-refractivity contribution in [2.45, 2.75) is 67.0 Å². The van der Waals surface area contributed by atoms with Crippen LogP contribution >= 0.6 is 0 Å². The standard InChI is InChI=1S/C11H19NO2.C2H6/c1-7(13)10-6-11(4,5)8(2)12(10)9(3)14;1-2/h8,10H,6H2,1-5H3;1-2H3. The van der Waals surface area contributed by atoms with E-state index in [1.54, 1.807) is 11.8 Å². The summed E-state index contributed by atoms with van der Waals surface area (Å²) in [6.45, 7) is 13.3. The monoisotopic (exact) mass is 227 g/mol. The van der Waals surface area contributed by atoms with Crippen molar-refractivity contribution in [1.82, 2.24) is 4.90 Å². The quantitative estimate of drug-likeness (QED) is 0.690. The molecule has 2 atom stereocenters. The van der Waals surface area contributed by atoms with Crippen molar-refractivity contribution >= 4 is 11.7 Å². The van der Waals surface area contributed by atoms with E-state index in [0.29, 0.717) is 0 Å². The van der Waals surface area contributed by atoms with E-state index in [-0.39, 0.29) is 29.2 Å². The summed E-state index contributed by atoms with van der Waals surface area (Å²) in [5.41, 5.74) is 0.0437. The summed E-state index contributed by atoms with van der Waals surface area (Å²) in [6, 6.07) is -0.0635. The number of hydrogen-bond acceptors (Lipinski definition) is 2. The third kappa shape index (κ3) is 2.83. The smallest absolute Gasteiger partial charge is 0.220 e. The van der Waals surface area contributed by atoms with Crippen LogP contribution in [-0.2, 0) is 9.59 Å². The number of carbonyl (C=O) groups excluding carboxylic acids is 2. The fourth-order valence-electron chi connectivity index (χ4n) is 2.25. The lowest BCUT2D eigenvalue weighted by Crippen LogP contribution is -2.43. The number of rotatable bonds is 1. The lowest BCUT2D eigenvalue weighted by Gasteiger charge is -2.29. The predicted octanol–water partition coefficient (Wildman–Crippen LogP) is 2.64. The van der Waals surface area contributed by atoms with Crippen LogP contribution in [0.5, 0.6) is 0 Å². The summed E-state index contributed by atoms with van der Waals surface area (Å²) in [6.07, 6.45) is 0.781. The van der Waals surface area contributed by atoms with Crippen molar-refractivity contribution in [2.24, 2.45) is 5.41 Å². The molecule has 1 aliphatic rings. The first kappa shape index (κ1) is 15.1. The molecule has 0 radical (unpaired) electrons. The van der Waals surface area contributed by atoms with Crippen LogP contribution in [0.2, 0.25) is 0 Å². The SMILES string of the molecule is CC.CC(=O)C1CC(C)(C)C(C)N1C(C)=O. The molecule has 0 bridgehead atoms. The maximum absolute atomic E-state index is 11.4. The van der Waals surface area contributed by atoms with Crippen molar-refractivity contribution in [3.8, 4) is 0 Å². The molecule has 1 fully saturated rings. The van der Waals surface area contributed by atoms with E-state index in [1.165, 1.54) is 6.92 Å². The van der Waals surface area contributed by atoms with Gasteiger partial charge in [-0.15, -0.1) is 0 Å². The summed E-state index contributed by atoms with van der Waals surface area (Å²) >= 11 is 0. The van der Waals surface area contributed by atoms with Crippen LogP contribution < -0.4 is 0 Å². The highest BCUT2D eigenvalue weighted by Crippen LogP contribution is 2.40. The Kier molecular flexibility index (Phi) is 5.17. The van der Waals surface area contributed by atoms with Gasteiger partial charge in [0.25, 0.3) is 0 Å². The lowest BCUT2D eigenvalue weighted by atomic mass is 9.84.